The Labute approximate surface area is 182 Å². The number of hydrogen-bond donors (Lipinski definition) is 3. The molecule has 164 valence electrons. The summed E-state index contributed by atoms with van der Waals surface area (Å²) in [5, 5.41) is 12.0. The molecule has 0 unspecified atom stereocenters. The summed E-state index contributed by atoms with van der Waals surface area (Å²) in [6.45, 7) is 3.85. The van der Waals surface area contributed by atoms with Gasteiger partial charge in [-0.25, -0.2) is 4.79 Å². The zero-order chi connectivity index (χ0) is 21.8. The minimum atomic E-state index is -0.286. The van der Waals surface area contributed by atoms with Gasteiger partial charge in [-0.1, -0.05) is 18.2 Å². The molecule has 3 aromatic rings. The van der Waals surface area contributed by atoms with Gasteiger partial charge in [0.25, 0.3) is 0 Å². The van der Waals surface area contributed by atoms with Crippen LogP contribution in [0.15, 0.2) is 28.2 Å². The summed E-state index contributed by atoms with van der Waals surface area (Å²) in [6, 6.07) is 5.18. The van der Waals surface area contributed by atoms with E-state index in [0.717, 1.165) is 31.6 Å². The maximum Gasteiger partial charge on any atom is 0.323 e. The van der Waals surface area contributed by atoms with Gasteiger partial charge in [0.15, 0.2) is 11.0 Å². The number of thioether (sulfide) groups is 1. The standard InChI is InChI=1S/C20H25N7O3S/c1-2-27-16(11-26-9-5-3-4-6-18(26)29)24-25-20(27)31-12-17(28)21-13-7-8-14-15(10-13)23-19(30)22-14/h7-8,10H,2-6,9,11-12H2,1H3,(H,21,28)(H2,22,23,30). The number of anilines is 1. The lowest BCUT2D eigenvalue weighted by molar-refractivity contribution is -0.131. The Morgan fingerprint density at radius 2 is 2.00 bits per heavy atom. The van der Waals surface area contributed by atoms with Crippen LogP contribution in [0.25, 0.3) is 11.0 Å². The van der Waals surface area contributed by atoms with Gasteiger partial charge in [-0.3, -0.25) is 9.59 Å². The Morgan fingerprint density at radius 3 is 2.84 bits per heavy atom. The molecule has 4 rings (SSSR count). The number of nitrogens with zero attached hydrogens (tertiary/aromatic N) is 4. The van der Waals surface area contributed by atoms with Gasteiger partial charge in [0, 0.05) is 25.2 Å². The lowest BCUT2D eigenvalue weighted by Gasteiger charge is -2.20. The molecule has 3 heterocycles. The van der Waals surface area contributed by atoms with Crippen LogP contribution in [0.2, 0.25) is 0 Å². The van der Waals surface area contributed by atoms with Crippen molar-refractivity contribution in [2.24, 2.45) is 0 Å². The van der Waals surface area contributed by atoms with Crippen LogP contribution in [0, 0.1) is 0 Å². The highest BCUT2D eigenvalue weighted by molar-refractivity contribution is 7.99. The second kappa shape index (κ2) is 9.38. The first-order valence-electron chi connectivity index (χ1n) is 10.4. The van der Waals surface area contributed by atoms with E-state index in [0.29, 0.717) is 41.4 Å². The Kier molecular flexibility index (Phi) is 6.40. The average Bonchev–Trinajstić information content (AvgIpc) is 3.25. The van der Waals surface area contributed by atoms with Crippen molar-refractivity contribution in [2.75, 3.05) is 17.6 Å². The van der Waals surface area contributed by atoms with E-state index in [-0.39, 0.29) is 23.3 Å². The molecule has 1 aliphatic heterocycles. The molecule has 0 radical (unpaired) electrons. The molecule has 0 saturated carbocycles. The average molecular weight is 444 g/mol. The summed E-state index contributed by atoms with van der Waals surface area (Å²) in [6.07, 6.45) is 3.62. The van der Waals surface area contributed by atoms with Crippen LogP contribution in [0.4, 0.5) is 5.69 Å². The second-order valence-corrected chi connectivity index (χ2v) is 8.39. The van der Waals surface area contributed by atoms with Gasteiger partial charge < -0.3 is 24.8 Å². The third-order valence-corrected chi connectivity index (χ3v) is 6.21. The molecule has 1 aliphatic rings. The molecule has 0 aliphatic carbocycles. The van der Waals surface area contributed by atoms with Crippen molar-refractivity contribution in [3.8, 4) is 0 Å². The van der Waals surface area contributed by atoms with Gasteiger partial charge in [-0.05, 0) is 38.0 Å². The summed E-state index contributed by atoms with van der Waals surface area (Å²) in [5.74, 6) is 0.889. The number of amides is 2. The molecule has 0 spiro atoms. The topological polar surface area (TPSA) is 129 Å². The van der Waals surface area contributed by atoms with Crippen LogP contribution in [-0.2, 0) is 22.7 Å². The molecule has 3 N–H and O–H groups in total. The molecule has 10 nitrogen and oxygen atoms in total. The maximum absolute atomic E-state index is 12.4. The summed E-state index contributed by atoms with van der Waals surface area (Å²) < 4.78 is 1.95. The number of H-pyrrole nitrogens is 2. The third kappa shape index (κ3) is 4.98. The third-order valence-electron chi connectivity index (χ3n) is 5.25. The zero-order valence-electron chi connectivity index (χ0n) is 17.3. The van der Waals surface area contributed by atoms with Crippen LogP contribution < -0.4 is 11.0 Å². The second-order valence-electron chi connectivity index (χ2n) is 7.45. The number of hydrogen-bond acceptors (Lipinski definition) is 6. The van der Waals surface area contributed by atoms with Crippen LogP contribution in [-0.4, -0.2) is 53.7 Å². The SMILES string of the molecule is CCn1c(CN2CCCCCC2=O)nnc1SCC(=O)Nc1ccc2[nH]c(=O)[nH]c2c1. The number of likely N-dealkylation sites (tertiary alicyclic amines) is 1. The summed E-state index contributed by atoms with van der Waals surface area (Å²) in [4.78, 5) is 43.3. The predicted molar refractivity (Wildman–Crippen MR) is 118 cm³/mol. The molecule has 1 saturated heterocycles. The largest absolute Gasteiger partial charge is 0.335 e. The van der Waals surface area contributed by atoms with Gasteiger partial charge >= 0.3 is 5.69 Å². The number of fused-ring (bicyclic) bond motifs is 1. The van der Waals surface area contributed by atoms with Crippen molar-refractivity contribution in [2.45, 2.75) is 50.9 Å². The number of aromatic amines is 2. The lowest BCUT2D eigenvalue weighted by Crippen LogP contribution is -2.31. The van der Waals surface area contributed by atoms with Crippen LogP contribution in [0.5, 0.6) is 0 Å². The van der Waals surface area contributed by atoms with Gasteiger partial charge in [-0.2, -0.15) is 0 Å². The van der Waals surface area contributed by atoms with E-state index in [4.69, 9.17) is 0 Å². The Balaban J connectivity index is 1.37. The van der Waals surface area contributed by atoms with Crippen molar-refractivity contribution in [1.82, 2.24) is 29.6 Å². The first-order chi connectivity index (χ1) is 15.0. The molecule has 0 atom stereocenters. The number of carbonyl (C=O) groups is 2. The van der Waals surface area contributed by atoms with E-state index in [9.17, 15) is 14.4 Å². The first-order valence-corrected chi connectivity index (χ1v) is 11.4. The van der Waals surface area contributed by atoms with Crippen molar-refractivity contribution in [3.63, 3.8) is 0 Å². The molecule has 2 aromatic heterocycles. The predicted octanol–water partition coefficient (Wildman–Crippen LogP) is 2.10. The van der Waals surface area contributed by atoms with E-state index in [1.165, 1.54) is 11.8 Å². The van der Waals surface area contributed by atoms with Crippen molar-refractivity contribution in [1.29, 1.82) is 0 Å². The molecule has 2 amide bonds. The molecular weight excluding hydrogens is 418 g/mol. The van der Waals surface area contributed by atoms with Crippen molar-refractivity contribution in [3.05, 3.63) is 34.5 Å². The quantitative estimate of drug-likeness (QED) is 0.480. The smallest absolute Gasteiger partial charge is 0.323 e. The molecule has 0 bridgehead atoms. The molecular formula is C20H25N7O3S. The lowest BCUT2D eigenvalue weighted by atomic mass is 10.2. The van der Waals surface area contributed by atoms with Crippen LogP contribution in [0.3, 0.4) is 0 Å². The maximum atomic E-state index is 12.4. The van der Waals surface area contributed by atoms with Crippen molar-refractivity contribution >= 4 is 40.3 Å². The van der Waals surface area contributed by atoms with Gasteiger partial charge in [0.05, 0.1) is 23.3 Å². The molecule has 1 aromatic carbocycles. The van der Waals surface area contributed by atoms with E-state index in [1.54, 1.807) is 18.2 Å². The summed E-state index contributed by atoms with van der Waals surface area (Å²) in [7, 11) is 0. The van der Waals surface area contributed by atoms with Gasteiger partial charge in [-0.15, -0.1) is 10.2 Å². The van der Waals surface area contributed by atoms with E-state index < -0.39 is 0 Å². The number of imidazole rings is 1. The van der Waals surface area contributed by atoms with Crippen LogP contribution >= 0.6 is 11.8 Å². The van der Waals surface area contributed by atoms with Crippen LogP contribution in [0.1, 0.15) is 38.4 Å². The minimum Gasteiger partial charge on any atom is -0.335 e. The minimum absolute atomic E-state index is 0.164. The number of nitrogens with one attached hydrogen (secondary N) is 3. The monoisotopic (exact) mass is 443 g/mol. The van der Waals surface area contributed by atoms with E-state index >= 15 is 0 Å². The number of rotatable bonds is 7. The fourth-order valence-corrected chi connectivity index (χ4v) is 4.50. The number of carbonyl (C=O) groups excluding carboxylic acids is 2. The summed E-state index contributed by atoms with van der Waals surface area (Å²) >= 11 is 1.30. The Morgan fingerprint density at radius 1 is 1.16 bits per heavy atom. The first kappa shape index (κ1) is 21.2. The van der Waals surface area contributed by atoms with Gasteiger partial charge in [0.1, 0.15) is 0 Å². The normalized spacial score (nSPS) is 14.7. The Bertz CT molecular complexity index is 1150. The molecule has 1 fully saturated rings. The highest BCUT2D eigenvalue weighted by atomic mass is 32.2. The number of aromatic nitrogens is 5. The fourth-order valence-electron chi connectivity index (χ4n) is 3.67. The zero-order valence-corrected chi connectivity index (χ0v) is 18.1. The fraction of sp³-hybridized carbons (Fsp3) is 0.450. The highest BCUT2D eigenvalue weighted by Gasteiger charge is 2.21. The highest BCUT2D eigenvalue weighted by Crippen LogP contribution is 2.21. The molecule has 11 heteroatoms. The molecule has 31 heavy (non-hydrogen) atoms. The van der Waals surface area contributed by atoms with E-state index in [1.807, 2.05) is 16.4 Å². The van der Waals surface area contributed by atoms with E-state index in [2.05, 4.69) is 25.5 Å². The number of benzene rings is 1. The summed E-state index contributed by atoms with van der Waals surface area (Å²) in [5.41, 5.74) is 1.63. The van der Waals surface area contributed by atoms with Gasteiger partial charge in [0.2, 0.25) is 11.8 Å². The Hall–Kier alpha value is -3.08. The van der Waals surface area contributed by atoms with Crippen molar-refractivity contribution < 1.29 is 9.59 Å².